The molecule has 1 aliphatic rings. The fourth-order valence-electron chi connectivity index (χ4n) is 0.321. The highest BCUT2D eigenvalue weighted by Crippen LogP contribution is 1.77. The zero-order chi connectivity index (χ0) is 5.11. The van der Waals surface area contributed by atoms with Crippen molar-refractivity contribution in [1.29, 1.82) is 0 Å². The Bertz CT molecular complexity index is 114. The zero-order valence-corrected chi connectivity index (χ0v) is 7.46. The van der Waals surface area contributed by atoms with Crippen LogP contribution in [-0.2, 0) is 0 Å². The molecule has 0 aromatic heterocycles. The predicted octanol–water partition coefficient (Wildman–Crippen LogP) is 0.455. The van der Waals surface area contributed by atoms with Crippen LogP contribution in [0.15, 0.2) is 10.2 Å². The molecule has 0 spiro atoms. The molecular weight excluding hydrogens is 198 g/mol. The van der Waals surface area contributed by atoms with Crippen LogP contribution in [0.2, 0.25) is 0 Å². The van der Waals surface area contributed by atoms with Crippen LogP contribution in [0.3, 0.4) is 0 Å². The molecule has 0 aromatic carbocycles. The Kier molecular flexibility index (Phi) is 14.8. The van der Waals surface area contributed by atoms with E-state index < -0.39 is 0 Å². The number of hydrogen-bond acceptors (Lipinski definition) is 4. The normalized spacial score (nSPS) is 12.7. The third kappa shape index (κ3) is 6.10. The van der Waals surface area contributed by atoms with E-state index in [4.69, 9.17) is 5.84 Å². The lowest BCUT2D eigenvalue weighted by Crippen LogP contribution is -2.32. The second-order valence-electron chi connectivity index (χ2n) is 1.23. The van der Waals surface area contributed by atoms with Gasteiger partial charge in [0.25, 0.3) is 0 Å². The number of nitrogens with two attached hydrogens (primary N) is 1. The van der Waals surface area contributed by atoms with Crippen LogP contribution in [0.1, 0.15) is 0 Å². The van der Waals surface area contributed by atoms with Crippen molar-refractivity contribution in [2.75, 3.05) is 6.54 Å². The molecule has 1 heterocycles. The van der Waals surface area contributed by atoms with Crippen molar-refractivity contribution in [3.63, 3.8) is 0 Å². The second-order valence-corrected chi connectivity index (χ2v) is 1.23. The SMILES string of the molecule is Cl.Cl.Cl.NN1C=NN=CC1. The average Bonchev–Trinajstić information content (AvgIpc) is 1.69. The molecule has 4 nitrogen and oxygen atoms in total. The lowest BCUT2D eigenvalue weighted by Gasteiger charge is -2.08. The Morgan fingerprint density at radius 3 is 2.00 bits per heavy atom. The maximum atomic E-state index is 5.23. The molecule has 0 amide bonds. The average molecular weight is 207 g/mol. The Balaban J connectivity index is -0.000000163. The van der Waals surface area contributed by atoms with Gasteiger partial charge in [0.1, 0.15) is 6.34 Å². The van der Waals surface area contributed by atoms with E-state index in [2.05, 4.69) is 10.2 Å². The summed E-state index contributed by atoms with van der Waals surface area (Å²) in [7, 11) is 0. The van der Waals surface area contributed by atoms with E-state index in [1.54, 1.807) is 6.21 Å². The molecule has 0 bridgehead atoms. The van der Waals surface area contributed by atoms with Gasteiger partial charge in [0.2, 0.25) is 0 Å². The fourth-order valence-corrected chi connectivity index (χ4v) is 0.321. The minimum atomic E-state index is 0. The molecular formula is C3H9Cl3N4. The monoisotopic (exact) mass is 206 g/mol. The summed E-state index contributed by atoms with van der Waals surface area (Å²) < 4.78 is 0. The first-order valence-electron chi connectivity index (χ1n) is 1.96. The summed E-state index contributed by atoms with van der Waals surface area (Å²) in [5, 5.41) is 8.51. The van der Waals surface area contributed by atoms with E-state index in [1.165, 1.54) is 11.3 Å². The van der Waals surface area contributed by atoms with Gasteiger partial charge in [-0.25, -0.2) is 5.84 Å². The third-order valence-electron chi connectivity index (χ3n) is 0.641. The van der Waals surface area contributed by atoms with Gasteiger partial charge in [0.15, 0.2) is 0 Å². The standard InChI is InChI=1S/C3H6N4.3ClH/c4-7-2-1-5-6-3-7;;;/h1,3H,2,4H2;3*1H. The lowest BCUT2D eigenvalue weighted by atomic mass is 10.7. The molecule has 7 heteroatoms. The second kappa shape index (κ2) is 8.97. The molecule has 0 aromatic rings. The Hall–Kier alpha value is -0.0300. The summed E-state index contributed by atoms with van der Waals surface area (Å²) in [6.07, 6.45) is 3.11. The van der Waals surface area contributed by atoms with Crippen LogP contribution in [0.5, 0.6) is 0 Å². The Labute approximate surface area is 77.8 Å². The number of rotatable bonds is 0. The van der Waals surface area contributed by atoms with Crippen molar-refractivity contribution in [2.24, 2.45) is 16.0 Å². The summed E-state index contributed by atoms with van der Waals surface area (Å²) in [6.45, 7) is 0.656. The molecule has 0 atom stereocenters. The molecule has 1 rings (SSSR count). The van der Waals surface area contributed by atoms with Gasteiger partial charge >= 0.3 is 0 Å². The molecule has 10 heavy (non-hydrogen) atoms. The number of hydrogen-bond donors (Lipinski definition) is 1. The van der Waals surface area contributed by atoms with Gasteiger partial charge in [-0.3, -0.25) is 5.01 Å². The van der Waals surface area contributed by atoms with Crippen LogP contribution in [0.25, 0.3) is 0 Å². The summed E-state index contributed by atoms with van der Waals surface area (Å²) >= 11 is 0. The van der Waals surface area contributed by atoms with Gasteiger partial charge in [-0.05, 0) is 0 Å². The lowest BCUT2D eigenvalue weighted by molar-refractivity contribution is 0.514. The first kappa shape index (κ1) is 16.5. The summed E-state index contributed by atoms with van der Waals surface area (Å²) in [4.78, 5) is 0. The molecule has 0 radical (unpaired) electrons. The van der Waals surface area contributed by atoms with Crippen molar-refractivity contribution >= 4 is 49.8 Å². The van der Waals surface area contributed by atoms with Crippen LogP contribution in [0.4, 0.5) is 0 Å². The van der Waals surface area contributed by atoms with Crippen molar-refractivity contribution < 1.29 is 0 Å². The zero-order valence-electron chi connectivity index (χ0n) is 5.01. The molecule has 1 aliphatic heterocycles. The summed E-state index contributed by atoms with van der Waals surface area (Å²) in [5.41, 5.74) is 0. The van der Waals surface area contributed by atoms with Crippen LogP contribution < -0.4 is 5.84 Å². The third-order valence-corrected chi connectivity index (χ3v) is 0.641. The summed E-state index contributed by atoms with van der Waals surface area (Å²) in [5.74, 6) is 5.23. The number of halogens is 3. The molecule has 62 valence electrons. The number of hydrazine groups is 1. The first-order chi connectivity index (χ1) is 3.39. The Morgan fingerprint density at radius 1 is 1.20 bits per heavy atom. The first-order valence-corrected chi connectivity index (χ1v) is 1.96. The fraction of sp³-hybridized carbons (Fsp3) is 0.333. The molecule has 0 aliphatic carbocycles. The van der Waals surface area contributed by atoms with Gasteiger partial charge in [0, 0.05) is 6.21 Å². The van der Waals surface area contributed by atoms with Crippen molar-refractivity contribution in [3.8, 4) is 0 Å². The smallest absolute Gasteiger partial charge is 0.128 e. The van der Waals surface area contributed by atoms with Crippen molar-refractivity contribution in [3.05, 3.63) is 0 Å². The molecule has 0 unspecified atom stereocenters. The highest BCUT2D eigenvalue weighted by atomic mass is 35.5. The van der Waals surface area contributed by atoms with Gasteiger partial charge < -0.3 is 0 Å². The number of nitrogens with zero attached hydrogens (tertiary/aromatic N) is 3. The van der Waals surface area contributed by atoms with Crippen molar-refractivity contribution in [2.45, 2.75) is 0 Å². The van der Waals surface area contributed by atoms with E-state index >= 15 is 0 Å². The predicted molar refractivity (Wildman–Crippen MR) is 49.6 cm³/mol. The highest BCUT2D eigenvalue weighted by molar-refractivity contribution is 5.86. The van der Waals surface area contributed by atoms with E-state index in [0.29, 0.717) is 6.54 Å². The van der Waals surface area contributed by atoms with Gasteiger partial charge in [-0.1, -0.05) is 0 Å². The minimum absolute atomic E-state index is 0. The highest BCUT2D eigenvalue weighted by Gasteiger charge is 1.89. The van der Waals surface area contributed by atoms with E-state index in [1.807, 2.05) is 0 Å². The molecule has 0 saturated heterocycles. The molecule has 2 N–H and O–H groups in total. The van der Waals surface area contributed by atoms with Gasteiger partial charge in [-0.2, -0.15) is 5.10 Å². The molecule has 0 fully saturated rings. The topological polar surface area (TPSA) is 54.0 Å². The van der Waals surface area contributed by atoms with E-state index in [9.17, 15) is 0 Å². The van der Waals surface area contributed by atoms with E-state index in [0.717, 1.165) is 0 Å². The van der Waals surface area contributed by atoms with Crippen LogP contribution in [0, 0.1) is 0 Å². The minimum Gasteiger partial charge on any atom is -0.294 e. The van der Waals surface area contributed by atoms with Crippen molar-refractivity contribution in [1.82, 2.24) is 5.01 Å². The Morgan fingerprint density at radius 2 is 1.80 bits per heavy atom. The van der Waals surface area contributed by atoms with Crippen LogP contribution >= 0.6 is 37.2 Å². The van der Waals surface area contributed by atoms with Gasteiger partial charge in [0.05, 0.1) is 6.54 Å². The van der Waals surface area contributed by atoms with Crippen LogP contribution in [-0.4, -0.2) is 24.1 Å². The maximum Gasteiger partial charge on any atom is 0.128 e. The van der Waals surface area contributed by atoms with Gasteiger partial charge in [-0.15, -0.1) is 42.3 Å². The summed E-state index contributed by atoms with van der Waals surface area (Å²) in [6, 6.07) is 0. The largest absolute Gasteiger partial charge is 0.294 e. The quantitative estimate of drug-likeness (QED) is 0.587. The van der Waals surface area contributed by atoms with E-state index in [-0.39, 0.29) is 37.2 Å². The maximum absolute atomic E-state index is 5.23. The molecule has 0 saturated carbocycles.